The summed E-state index contributed by atoms with van der Waals surface area (Å²) in [6.07, 6.45) is 2.12. The lowest BCUT2D eigenvalue weighted by Crippen LogP contribution is -2.32. The summed E-state index contributed by atoms with van der Waals surface area (Å²) in [6.45, 7) is 0.514. The number of nitrogens with two attached hydrogens (primary N) is 1. The number of benzene rings is 1. The third kappa shape index (κ3) is 2.97. The van der Waals surface area contributed by atoms with Gasteiger partial charge in [-0.05, 0) is 37.4 Å². The zero-order valence-electron chi connectivity index (χ0n) is 10.2. The third-order valence-corrected chi connectivity index (χ3v) is 4.89. The van der Waals surface area contributed by atoms with Crippen molar-refractivity contribution in [3.05, 3.63) is 29.8 Å². The first-order valence-corrected chi connectivity index (χ1v) is 7.56. The Morgan fingerprint density at radius 2 is 2.17 bits per heavy atom. The number of hydrogen-bond donors (Lipinski definition) is 2. The predicted molar refractivity (Wildman–Crippen MR) is 73.9 cm³/mol. The van der Waals surface area contributed by atoms with E-state index in [1.807, 2.05) is 24.3 Å². The smallest absolute Gasteiger partial charge is 0.240 e. The van der Waals surface area contributed by atoms with Crippen molar-refractivity contribution in [2.24, 2.45) is 5.73 Å². The molecule has 3 N–H and O–H groups in total. The summed E-state index contributed by atoms with van der Waals surface area (Å²) in [5.41, 5.74) is 7.37. The predicted octanol–water partition coefficient (Wildman–Crippen LogP) is 1.04. The van der Waals surface area contributed by atoms with Gasteiger partial charge in [-0.1, -0.05) is 18.2 Å². The van der Waals surface area contributed by atoms with Crippen molar-refractivity contribution in [3.63, 3.8) is 0 Å². The van der Waals surface area contributed by atoms with Crippen molar-refractivity contribution >= 4 is 22.4 Å². The number of anilines is 1. The summed E-state index contributed by atoms with van der Waals surface area (Å²) >= 11 is 0. The number of amides is 1. The van der Waals surface area contributed by atoms with Crippen molar-refractivity contribution in [2.75, 3.05) is 17.6 Å². The fourth-order valence-electron chi connectivity index (χ4n) is 2.11. The highest BCUT2D eigenvalue weighted by atomic mass is 32.2. The third-order valence-electron chi connectivity index (χ3n) is 3.11. The van der Waals surface area contributed by atoms with E-state index in [1.165, 1.54) is 0 Å². The Hall–Kier alpha value is -1.20. The van der Waals surface area contributed by atoms with Gasteiger partial charge < -0.3 is 11.1 Å². The van der Waals surface area contributed by atoms with Gasteiger partial charge in [-0.25, -0.2) is 0 Å². The summed E-state index contributed by atoms with van der Waals surface area (Å²) in [7, 11) is -1.13. The van der Waals surface area contributed by atoms with E-state index in [0.717, 1.165) is 17.7 Å². The molecule has 0 aromatic heterocycles. The molecule has 0 radical (unpaired) electrons. The first kappa shape index (κ1) is 13.2. The van der Waals surface area contributed by atoms with Gasteiger partial charge in [0.15, 0.2) is 0 Å². The molecule has 4 nitrogen and oxygen atoms in total. The van der Waals surface area contributed by atoms with Crippen LogP contribution in [0.1, 0.15) is 18.4 Å². The van der Waals surface area contributed by atoms with Crippen LogP contribution in [0.2, 0.25) is 0 Å². The summed E-state index contributed by atoms with van der Waals surface area (Å²) in [5.74, 6) is 0.376. The van der Waals surface area contributed by atoms with Crippen LogP contribution in [0.25, 0.3) is 0 Å². The lowest BCUT2D eigenvalue weighted by Gasteiger charge is -2.12. The van der Waals surface area contributed by atoms with Crippen LogP contribution in [-0.4, -0.2) is 27.7 Å². The maximum atomic E-state index is 12.1. The molecule has 1 aromatic carbocycles. The van der Waals surface area contributed by atoms with Crippen LogP contribution in [0.3, 0.4) is 0 Å². The second kappa shape index (κ2) is 6.11. The first-order valence-electron chi connectivity index (χ1n) is 6.18. The molecule has 5 heteroatoms. The van der Waals surface area contributed by atoms with Crippen LogP contribution in [0, 0.1) is 0 Å². The van der Waals surface area contributed by atoms with Crippen molar-refractivity contribution in [1.82, 2.24) is 0 Å². The van der Waals surface area contributed by atoms with Gasteiger partial charge in [0.05, 0.1) is 0 Å². The molecule has 0 saturated carbocycles. The van der Waals surface area contributed by atoms with E-state index in [4.69, 9.17) is 5.73 Å². The minimum atomic E-state index is -1.13. The van der Waals surface area contributed by atoms with E-state index < -0.39 is 16.0 Å². The molecule has 1 aromatic rings. The summed E-state index contributed by atoms with van der Waals surface area (Å²) in [4.78, 5) is 12.0. The van der Waals surface area contributed by atoms with Crippen LogP contribution in [0.15, 0.2) is 24.3 Å². The first-order chi connectivity index (χ1) is 8.72. The van der Waals surface area contributed by atoms with Crippen molar-refractivity contribution < 1.29 is 9.00 Å². The molecule has 0 saturated heterocycles. The summed E-state index contributed by atoms with van der Waals surface area (Å²) in [5, 5.41) is 2.45. The Labute approximate surface area is 109 Å². The van der Waals surface area contributed by atoms with Gasteiger partial charge in [0, 0.05) is 22.2 Å². The molecule has 2 atom stereocenters. The number of aryl methyl sites for hydroxylation is 1. The van der Waals surface area contributed by atoms with Crippen LogP contribution in [-0.2, 0) is 22.0 Å². The van der Waals surface area contributed by atoms with Gasteiger partial charge in [-0.2, -0.15) is 0 Å². The highest BCUT2D eigenvalue weighted by molar-refractivity contribution is 7.86. The number of fused-ring (bicyclic) bond motifs is 1. The SMILES string of the molecule is NCCCS(=O)C1CCc2ccccc2NC1=O. The van der Waals surface area contributed by atoms with Crippen molar-refractivity contribution in [2.45, 2.75) is 24.5 Å². The normalized spacial score (nSPS) is 20.7. The molecule has 2 unspecified atom stereocenters. The van der Waals surface area contributed by atoms with Gasteiger partial charge >= 0.3 is 0 Å². The van der Waals surface area contributed by atoms with Gasteiger partial charge in [0.1, 0.15) is 5.25 Å². The minimum absolute atomic E-state index is 0.129. The van der Waals surface area contributed by atoms with E-state index in [-0.39, 0.29) is 5.91 Å². The highest BCUT2D eigenvalue weighted by Gasteiger charge is 2.27. The van der Waals surface area contributed by atoms with E-state index >= 15 is 0 Å². The molecule has 0 bridgehead atoms. The number of rotatable bonds is 4. The monoisotopic (exact) mass is 266 g/mol. The summed E-state index contributed by atoms with van der Waals surface area (Å²) < 4.78 is 12.1. The average molecular weight is 266 g/mol. The zero-order chi connectivity index (χ0) is 13.0. The number of para-hydroxylation sites is 1. The van der Waals surface area contributed by atoms with Crippen molar-refractivity contribution in [1.29, 1.82) is 0 Å². The molecule has 0 fully saturated rings. The van der Waals surface area contributed by atoms with E-state index in [2.05, 4.69) is 5.32 Å². The quantitative estimate of drug-likeness (QED) is 0.855. The van der Waals surface area contributed by atoms with Crippen LogP contribution in [0.4, 0.5) is 5.69 Å². The standard InChI is InChI=1S/C13H18N2O2S/c14-8-3-9-18(17)12-7-6-10-4-1-2-5-11(10)15-13(12)16/h1-2,4-5,12H,3,6-9,14H2,(H,15,16). The Morgan fingerprint density at radius 1 is 1.39 bits per heavy atom. The molecule has 1 amide bonds. The number of carbonyl (C=O) groups is 1. The molecule has 0 aliphatic carbocycles. The molecule has 1 aliphatic heterocycles. The average Bonchev–Trinajstić information content (AvgIpc) is 2.54. The number of nitrogens with one attached hydrogen (secondary N) is 1. The topological polar surface area (TPSA) is 72.2 Å². The maximum Gasteiger partial charge on any atom is 0.240 e. The number of hydrogen-bond acceptors (Lipinski definition) is 3. The second-order valence-corrected chi connectivity index (χ2v) is 6.14. The molecule has 2 rings (SSSR count). The molecule has 18 heavy (non-hydrogen) atoms. The molecular weight excluding hydrogens is 248 g/mol. The molecule has 1 aliphatic rings. The molecule has 0 spiro atoms. The Morgan fingerprint density at radius 3 is 2.94 bits per heavy atom. The highest BCUT2D eigenvalue weighted by Crippen LogP contribution is 2.23. The Bertz CT molecular complexity index is 462. The summed E-state index contributed by atoms with van der Waals surface area (Å²) in [6, 6.07) is 7.74. The number of carbonyl (C=O) groups excluding carboxylic acids is 1. The molecular formula is C13H18N2O2S. The lowest BCUT2D eigenvalue weighted by molar-refractivity contribution is -0.115. The van der Waals surface area contributed by atoms with Gasteiger partial charge in [-0.15, -0.1) is 0 Å². The minimum Gasteiger partial charge on any atom is -0.330 e. The van der Waals surface area contributed by atoms with E-state index in [9.17, 15) is 9.00 Å². The van der Waals surface area contributed by atoms with Gasteiger partial charge in [0.2, 0.25) is 5.91 Å². The molecule has 1 heterocycles. The van der Waals surface area contributed by atoms with Crippen LogP contribution < -0.4 is 11.1 Å². The van der Waals surface area contributed by atoms with E-state index in [0.29, 0.717) is 25.1 Å². The Kier molecular flexibility index (Phi) is 4.49. The fraction of sp³-hybridized carbons (Fsp3) is 0.462. The van der Waals surface area contributed by atoms with Crippen LogP contribution in [0.5, 0.6) is 0 Å². The van der Waals surface area contributed by atoms with Gasteiger partial charge in [-0.3, -0.25) is 9.00 Å². The molecule has 98 valence electrons. The fourth-order valence-corrected chi connectivity index (χ4v) is 3.52. The van der Waals surface area contributed by atoms with Crippen LogP contribution >= 0.6 is 0 Å². The second-order valence-electron chi connectivity index (χ2n) is 4.40. The largest absolute Gasteiger partial charge is 0.330 e. The lowest BCUT2D eigenvalue weighted by atomic mass is 10.1. The van der Waals surface area contributed by atoms with Crippen molar-refractivity contribution in [3.8, 4) is 0 Å². The van der Waals surface area contributed by atoms with E-state index in [1.54, 1.807) is 0 Å². The van der Waals surface area contributed by atoms with Gasteiger partial charge in [0.25, 0.3) is 0 Å². The Balaban J connectivity index is 2.10. The zero-order valence-corrected chi connectivity index (χ0v) is 11.0. The maximum absolute atomic E-state index is 12.1.